The lowest BCUT2D eigenvalue weighted by molar-refractivity contribution is 0.172. The van der Waals surface area contributed by atoms with Gasteiger partial charge in [-0.15, -0.1) is 0 Å². The first-order valence-corrected chi connectivity index (χ1v) is 8.44. The Morgan fingerprint density at radius 3 is 2.40 bits per heavy atom. The molecule has 2 rings (SSSR count). The fourth-order valence-corrected chi connectivity index (χ4v) is 2.67. The van der Waals surface area contributed by atoms with Gasteiger partial charge in [0.05, 0.1) is 11.7 Å². The number of anilines is 1. The molecule has 1 atom stereocenters. The summed E-state index contributed by atoms with van der Waals surface area (Å²) in [7, 11) is 5.23. The van der Waals surface area contributed by atoms with Crippen LogP contribution in [-0.2, 0) is 6.42 Å². The summed E-state index contributed by atoms with van der Waals surface area (Å²) in [6.07, 6.45) is 1.88. The average Bonchev–Trinajstić information content (AvgIpc) is 2.61. The summed E-state index contributed by atoms with van der Waals surface area (Å²) >= 11 is 6.42. The van der Waals surface area contributed by atoms with Gasteiger partial charge in [0.1, 0.15) is 17.1 Å². The lowest BCUT2D eigenvalue weighted by Crippen LogP contribution is -2.25. The van der Waals surface area contributed by atoms with Crippen LogP contribution >= 0.6 is 11.6 Å². The van der Waals surface area contributed by atoms with Crippen LogP contribution in [0.2, 0.25) is 5.02 Å². The summed E-state index contributed by atoms with van der Waals surface area (Å²) in [5.41, 5.74) is 1.89. The van der Waals surface area contributed by atoms with E-state index in [2.05, 4.69) is 16.9 Å². The minimum Gasteiger partial charge on any atom is -0.410 e. The van der Waals surface area contributed by atoms with Crippen LogP contribution in [0.5, 0.6) is 5.75 Å². The average molecular weight is 363 g/mol. The van der Waals surface area contributed by atoms with E-state index in [1.54, 1.807) is 26.2 Å². The molecule has 0 saturated heterocycles. The molecule has 7 heteroatoms. The van der Waals surface area contributed by atoms with E-state index in [0.29, 0.717) is 16.6 Å². The Morgan fingerprint density at radius 1 is 1.20 bits per heavy atom. The number of hydrogen-bond donors (Lipinski definition) is 0. The molecule has 0 aliphatic rings. The van der Waals surface area contributed by atoms with E-state index in [4.69, 9.17) is 16.3 Å². The lowest BCUT2D eigenvalue weighted by atomic mass is 10.1. The summed E-state index contributed by atoms with van der Waals surface area (Å²) in [6, 6.07) is 7.45. The van der Waals surface area contributed by atoms with Crippen LogP contribution < -0.4 is 9.64 Å². The largest absolute Gasteiger partial charge is 0.414 e. The van der Waals surface area contributed by atoms with E-state index in [9.17, 15) is 4.79 Å². The Balaban J connectivity index is 2.17. The van der Waals surface area contributed by atoms with Crippen molar-refractivity contribution >= 4 is 23.5 Å². The molecule has 1 amide bonds. The van der Waals surface area contributed by atoms with Gasteiger partial charge in [-0.25, -0.2) is 14.8 Å². The van der Waals surface area contributed by atoms with E-state index in [-0.39, 0.29) is 6.04 Å². The second-order valence-electron chi connectivity index (χ2n) is 5.93. The van der Waals surface area contributed by atoms with Crippen LogP contribution in [0.3, 0.4) is 0 Å². The molecule has 0 N–H and O–H groups in total. The Kier molecular flexibility index (Phi) is 6.20. The number of nitrogens with zero attached hydrogens (tertiary/aromatic N) is 4. The fraction of sp³-hybridized carbons (Fsp3) is 0.389. The molecule has 0 aliphatic heterocycles. The van der Waals surface area contributed by atoms with Gasteiger partial charge in [-0.05, 0) is 31.0 Å². The first-order chi connectivity index (χ1) is 11.8. The Labute approximate surface area is 153 Å². The maximum Gasteiger partial charge on any atom is 0.414 e. The third-order valence-corrected chi connectivity index (χ3v) is 4.41. The first-order valence-electron chi connectivity index (χ1n) is 8.06. The normalized spacial score (nSPS) is 11.8. The number of carbonyl (C=O) groups is 1. The molecule has 0 bridgehead atoms. The van der Waals surface area contributed by atoms with E-state index >= 15 is 0 Å². The second-order valence-corrected chi connectivity index (χ2v) is 6.31. The highest BCUT2D eigenvalue weighted by Gasteiger charge is 2.18. The summed E-state index contributed by atoms with van der Waals surface area (Å²) in [6.45, 7) is 4.07. The number of benzene rings is 1. The summed E-state index contributed by atoms with van der Waals surface area (Å²) < 4.78 is 5.24. The van der Waals surface area contributed by atoms with E-state index in [0.717, 1.165) is 17.7 Å². The predicted molar refractivity (Wildman–Crippen MR) is 99.4 cm³/mol. The molecule has 0 saturated carbocycles. The molecule has 0 aliphatic carbocycles. The van der Waals surface area contributed by atoms with E-state index < -0.39 is 6.09 Å². The Hall–Kier alpha value is -2.34. The van der Waals surface area contributed by atoms with Crippen molar-refractivity contribution in [1.29, 1.82) is 0 Å². The van der Waals surface area contributed by atoms with Crippen LogP contribution in [-0.4, -0.2) is 42.1 Å². The van der Waals surface area contributed by atoms with Crippen molar-refractivity contribution in [3.63, 3.8) is 0 Å². The van der Waals surface area contributed by atoms with Crippen LogP contribution in [0.15, 0.2) is 30.6 Å². The molecule has 1 heterocycles. The molecular formula is C18H23ClN4O2. The maximum absolute atomic E-state index is 11.6. The maximum atomic E-state index is 11.6. The quantitative estimate of drug-likeness (QED) is 0.806. The van der Waals surface area contributed by atoms with Gasteiger partial charge < -0.3 is 14.5 Å². The van der Waals surface area contributed by atoms with Crippen LogP contribution in [0.25, 0.3) is 0 Å². The molecule has 134 valence electrons. The fourth-order valence-electron chi connectivity index (χ4n) is 2.30. The highest BCUT2D eigenvalue weighted by Crippen LogP contribution is 2.31. The summed E-state index contributed by atoms with van der Waals surface area (Å²) in [5, 5.41) is 0.580. The Bertz CT molecular complexity index is 734. The highest BCUT2D eigenvalue weighted by atomic mass is 35.5. The van der Waals surface area contributed by atoms with Crippen LogP contribution in [0.1, 0.15) is 31.1 Å². The standard InChI is InChI=1S/C18H23ClN4O2/c1-6-15-16(19)17(21-11-20-15)23(5)12(2)13-7-9-14(10-8-13)25-18(24)22(3)4/h7-12H,6H2,1-5H3. The topological polar surface area (TPSA) is 58.6 Å². The van der Waals surface area contributed by atoms with Gasteiger partial charge in [-0.2, -0.15) is 0 Å². The molecule has 0 fully saturated rings. The van der Waals surface area contributed by atoms with Crippen molar-refractivity contribution in [1.82, 2.24) is 14.9 Å². The van der Waals surface area contributed by atoms with Gasteiger partial charge in [0.2, 0.25) is 0 Å². The number of hydrogen-bond acceptors (Lipinski definition) is 5. The number of aromatic nitrogens is 2. The van der Waals surface area contributed by atoms with Gasteiger partial charge in [0, 0.05) is 21.1 Å². The van der Waals surface area contributed by atoms with Crippen molar-refractivity contribution in [3.05, 3.63) is 46.9 Å². The molecular weight excluding hydrogens is 340 g/mol. The van der Waals surface area contributed by atoms with Crippen molar-refractivity contribution in [2.24, 2.45) is 0 Å². The monoisotopic (exact) mass is 362 g/mol. The Morgan fingerprint density at radius 2 is 1.84 bits per heavy atom. The van der Waals surface area contributed by atoms with Gasteiger partial charge in [0.15, 0.2) is 5.82 Å². The zero-order chi connectivity index (χ0) is 18.6. The van der Waals surface area contributed by atoms with Crippen LogP contribution in [0, 0.1) is 0 Å². The number of halogens is 1. The van der Waals surface area contributed by atoms with Crippen molar-refractivity contribution in [3.8, 4) is 5.75 Å². The zero-order valence-electron chi connectivity index (χ0n) is 15.2. The summed E-state index contributed by atoms with van der Waals surface area (Å²) in [5.74, 6) is 1.20. The first kappa shape index (κ1) is 19.0. The number of rotatable bonds is 5. The SMILES string of the molecule is CCc1ncnc(N(C)C(C)c2ccc(OC(=O)N(C)C)cc2)c1Cl. The highest BCUT2D eigenvalue weighted by molar-refractivity contribution is 6.33. The minimum atomic E-state index is -0.405. The molecule has 0 radical (unpaired) electrons. The smallest absolute Gasteiger partial charge is 0.410 e. The van der Waals surface area contributed by atoms with Crippen molar-refractivity contribution in [2.75, 3.05) is 26.0 Å². The summed E-state index contributed by atoms with van der Waals surface area (Å²) in [4.78, 5) is 23.5. The molecule has 25 heavy (non-hydrogen) atoms. The zero-order valence-corrected chi connectivity index (χ0v) is 15.9. The molecule has 1 aromatic carbocycles. The molecule has 1 unspecified atom stereocenters. The predicted octanol–water partition coefficient (Wildman–Crippen LogP) is 3.95. The molecule has 2 aromatic rings. The number of amides is 1. The second kappa shape index (κ2) is 8.16. The number of carbonyl (C=O) groups excluding carboxylic acids is 1. The molecule has 0 spiro atoms. The van der Waals surface area contributed by atoms with Crippen molar-refractivity contribution < 1.29 is 9.53 Å². The van der Waals surface area contributed by atoms with Crippen molar-refractivity contribution in [2.45, 2.75) is 26.3 Å². The van der Waals surface area contributed by atoms with Gasteiger partial charge in [-0.3, -0.25) is 0 Å². The van der Waals surface area contributed by atoms with Gasteiger partial charge in [0.25, 0.3) is 0 Å². The third kappa shape index (κ3) is 4.39. The van der Waals surface area contributed by atoms with Gasteiger partial charge in [-0.1, -0.05) is 30.7 Å². The van der Waals surface area contributed by atoms with E-state index in [1.807, 2.05) is 31.0 Å². The van der Waals surface area contributed by atoms with Gasteiger partial charge >= 0.3 is 6.09 Å². The van der Waals surface area contributed by atoms with Crippen LogP contribution in [0.4, 0.5) is 10.6 Å². The minimum absolute atomic E-state index is 0.0377. The van der Waals surface area contributed by atoms with E-state index in [1.165, 1.54) is 11.2 Å². The third-order valence-electron chi connectivity index (χ3n) is 4.03. The number of aryl methyl sites for hydroxylation is 1. The molecule has 1 aromatic heterocycles. The lowest BCUT2D eigenvalue weighted by Gasteiger charge is -2.27. The number of ether oxygens (including phenoxy) is 1. The molecule has 6 nitrogen and oxygen atoms in total.